The highest BCUT2D eigenvalue weighted by molar-refractivity contribution is 7.18. The maximum atomic E-state index is 13.2. The van der Waals surface area contributed by atoms with Crippen molar-refractivity contribution in [3.05, 3.63) is 50.4 Å². The monoisotopic (exact) mass is 442 g/mol. The maximum absolute atomic E-state index is 13.2. The largest absolute Gasteiger partial charge is 0.493 e. The van der Waals surface area contributed by atoms with Crippen LogP contribution in [0.2, 0.25) is 0 Å². The Morgan fingerprint density at radius 2 is 2.06 bits per heavy atom. The summed E-state index contributed by atoms with van der Waals surface area (Å²) in [7, 11) is 1.49. The summed E-state index contributed by atoms with van der Waals surface area (Å²) in [5.41, 5.74) is 1.56. The average molecular weight is 443 g/mol. The van der Waals surface area contributed by atoms with Crippen LogP contribution in [-0.4, -0.2) is 40.3 Å². The third-order valence-corrected chi connectivity index (χ3v) is 6.85. The first kappa shape index (κ1) is 21.5. The highest BCUT2D eigenvalue weighted by Gasteiger charge is 2.22. The number of ether oxygens (including phenoxy) is 2. The van der Waals surface area contributed by atoms with Gasteiger partial charge in [-0.25, -0.2) is 4.98 Å². The minimum Gasteiger partial charge on any atom is -0.493 e. The number of nitrogens with zero attached hydrogens (tertiary/aromatic N) is 2. The number of thiophene rings is 1. The number of aryl methyl sites for hydroxylation is 3. The van der Waals surface area contributed by atoms with Crippen LogP contribution < -0.4 is 15.0 Å². The second kappa shape index (κ2) is 8.80. The van der Waals surface area contributed by atoms with Gasteiger partial charge in [-0.2, -0.15) is 0 Å². The SMILES string of the molecule is COc1cc(C(C)=O)ccc1OC[C@H](O)Cn1c(C)nc2sc3c(c2c1=O)CCCC3. The van der Waals surface area contributed by atoms with Crippen molar-refractivity contribution in [2.24, 2.45) is 0 Å². The molecule has 7 nitrogen and oxygen atoms in total. The van der Waals surface area contributed by atoms with Crippen molar-refractivity contribution < 1.29 is 19.4 Å². The van der Waals surface area contributed by atoms with E-state index >= 15 is 0 Å². The van der Waals surface area contributed by atoms with Gasteiger partial charge in [0.05, 0.1) is 19.0 Å². The Hall–Kier alpha value is -2.71. The fourth-order valence-electron chi connectivity index (χ4n) is 4.01. The lowest BCUT2D eigenvalue weighted by atomic mass is 9.97. The zero-order valence-corrected chi connectivity index (χ0v) is 18.8. The molecule has 164 valence electrons. The maximum Gasteiger partial charge on any atom is 0.262 e. The third-order valence-electron chi connectivity index (χ3n) is 5.66. The van der Waals surface area contributed by atoms with E-state index in [-0.39, 0.29) is 24.5 Å². The van der Waals surface area contributed by atoms with Crippen LogP contribution in [0.5, 0.6) is 11.5 Å². The predicted molar refractivity (Wildman–Crippen MR) is 120 cm³/mol. The standard InChI is InChI=1S/C23H26N2O5S/c1-13(26)15-8-9-18(19(10-15)29-3)30-12-16(27)11-25-14(2)24-22-21(23(25)28)17-6-4-5-7-20(17)31-22/h8-10,16,27H,4-7,11-12H2,1-3H3/t16-/m1/s1. The molecule has 31 heavy (non-hydrogen) atoms. The number of carbonyl (C=O) groups is 1. The minimum atomic E-state index is -0.915. The molecular weight excluding hydrogens is 416 g/mol. The van der Waals surface area contributed by atoms with E-state index in [1.54, 1.807) is 36.5 Å². The first-order valence-corrected chi connectivity index (χ1v) is 11.2. The molecule has 4 rings (SSSR count). The van der Waals surface area contributed by atoms with Crippen LogP contribution in [0.15, 0.2) is 23.0 Å². The van der Waals surface area contributed by atoms with Crippen LogP contribution >= 0.6 is 11.3 Å². The van der Waals surface area contributed by atoms with Gasteiger partial charge < -0.3 is 14.6 Å². The Morgan fingerprint density at radius 1 is 1.29 bits per heavy atom. The molecule has 1 aliphatic rings. The predicted octanol–water partition coefficient (Wildman–Crippen LogP) is 3.30. The van der Waals surface area contributed by atoms with E-state index < -0.39 is 6.10 Å². The van der Waals surface area contributed by atoms with Gasteiger partial charge in [0.15, 0.2) is 17.3 Å². The number of aromatic nitrogens is 2. The molecule has 2 aromatic heterocycles. The van der Waals surface area contributed by atoms with E-state index in [0.717, 1.165) is 36.1 Å². The lowest BCUT2D eigenvalue weighted by molar-refractivity contribution is 0.0893. The molecule has 8 heteroatoms. The normalized spacial score (nSPS) is 14.3. The molecule has 3 aromatic rings. The number of aliphatic hydroxyl groups is 1. The Labute approximate surface area is 184 Å². The van der Waals surface area contributed by atoms with Gasteiger partial charge in [-0.1, -0.05) is 0 Å². The molecule has 0 amide bonds. The van der Waals surface area contributed by atoms with Crippen LogP contribution in [0, 0.1) is 6.92 Å². The zero-order valence-electron chi connectivity index (χ0n) is 17.9. The molecular formula is C23H26N2O5S. The summed E-state index contributed by atoms with van der Waals surface area (Å²) in [5, 5.41) is 11.3. The van der Waals surface area contributed by atoms with Gasteiger partial charge in [0.2, 0.25) is 0 Å². The molecule has 0 bridgehead atoms. The molecule has 2 heterocycles. The Morgan fingerprint density at radius 3 is 2.81 bits per heavy atom. The zero-order chi connectivity index (χ0) is 22.1. The quantitative estimate of drug-likeness (QED) is 0.565. The molecule has 0 unspecified atom stereocenters. The number of ketones is 1. The van der Waals surface area contributed by atoms with Gasteiger partial charge in [-0.3, -0.25) is 14.2 Å². The van der Waals surface area contributed by atoms with Gasteiger partial charge in [0, 0.05) is 10.4 Å². The van der Waals surface area contributed by atoms with Crippen molar-refractivity contribution in [2.45, 2.75) is 52.2 Å². The first-order valence-electron chi connectivity index (χ1n) is 10.4. The summed E-state index contributed by atoms with van der Waals surface area (Å²) >= 11 is 1.62. The topological polar surface area (TPSA) is 90.7 Å². The summed E-state index contributed by atoms with van der Waals surface area (Å²) in [4.78, 5) is 31.5. The highest BCUT2D eigenvalue weighted by Crippen LogP contribution is 2.34. The van der Waals surface area contributed by atoms with Crippen LogP contribution in [0.3, 0.4) is 0 Å². The van der Waals surface area contributed by atoms with Crippen LogP contribution in [0.1, 0.15) is 46.4 Å². The van der Waals surface area contributed by atoms with E-state index in [0.29, 0.717) is 28.3 Å². The highest BCUT2D eigenvalue weighted by atomic mass is 32.1. The summed E-state index contributed by atoms with van der Waals surface area (Å²) in [6.07, 6.45) is 3.25. The van der Waals surface area contributed by atoms with Gasteiger partial charge in [0.25, 0.3) is 5.56 Å². The fraction of sp³-hybridized carbons (Fsp3) is 0.435. The fourth-order valence-corrected chi connectivity index (χ4v) is 5.31. The molecule has 1 aromatic carbocycles. The number of hydrogen-bond acceptors (Lipinski definition) is 7. The molecule has 0 spiro atoms. The smallest absolute Gasteiger partial charge is 0.262 e. The number of methoxy groups -OCH3 is 1. The number of aliphatic hydroxyl groups excluding tert-OH is 1. The Kier molecular flexibility index (Phi) is 6.11. The number of hydrogen-bond donors (Lipinski definition) is 1. The van der Waals surface area contributed by atoms with Crippen LogP contribution in [0.4, 0.5) is 0 Å². The molecule has 0 aliphatic heterocycles. The van der Waals surface area contributed by atoms with Crippen molar-refractivity contribution in [3.8, 4) is 11.5 Å². The van der Waals surface area contributed by atoms with Gasteiger partial charge in [-0.05, 0) is 63.3 Å². The van der Waals surface area contributed by atoms with E-state index in [1.165, 1.54) is 23.5 Å². The lowest BCUT2D eigenvalue weighted by Gasteiger charge is -2.17. The summed E-state index contributed by atoms with van der Waals surface area (Å²) in [6, 6.07) is 4.90. The van der Waals surface area contributed by atoms with Gasteiger partial charge in [0.1, 0.15) is 23.4 Å². The molecule has 0 radical (unpaired) electrons. The first-order chi connectivity index (χ1) is 14.9. The summed E-state index contributed by atoms with van der Waals surface area (Å²) in [6.45, 7) is 3.33. The Balaban J connectivity index is 1.53. The lowest BCUT2D eigenvalue weighted by Crippen LogP contribution is -2.32. The minimum absolute atomic E-state index is 0.0263. The summed E-state index contributed by atoms with van der Waals surface area (Å²) in [5.74, 6) is 1.36. The molecule has 0 saturated carbocycles. The second-order valence-electron chi connectivity index (χ2n) is 7.85. The second-order valence-corrected chi connectivity index (χ2v) is 8.94. The Bertz CT molecular complexity index is 1200. The summed E-state index contributed by atoms with van der Waals surface area (Å²) < 4.78 is 12.5. The number of fused-ring (bicyclic) bond motifs is 3. The van der Waals surface area contributed by atoms with E-state index in [1.807, 2.05) is 0 Å². The average Bonchev–Trinajstić information content (AvgIpc) is 3.13. The molecule has 1 aliphatic carbocycles. The van der Waals surface area contributed by atoms with Crippen LogP contribution in [-0.2, 0) is 19.4 Å². The third kappa shape index (κ3) is 4.22. The van der Waals surface area contributed by atoms with Crippen molar-refractivity contribution in [1.82, 2.24) is 9.55 Å². The van der Waals surface area contributed by atoms with Crippen LogP contribution in [0.25, 0.3) is 10.2 Å². The molecule has 0 saturated heterocycles. The van der Waals surface area contributed by atoms with Gasteiger partial charge in [-0.15, -0.1) is 11.3 Å². The van der Waals surface area contributed by atoms with Crippen molar-refractivity contribution in [2.75, 3.05) is 13.7 Å². The van der Waals surface area contributed by atoms with E-state index in [4.69, 9.17) is 9.47 Å². The molecule has 1 N–H and O–H groups in total. The van der Waals surface area contributed by atoms with E-state index in [9.17, 15) is 14.7 Å². The molecule has 0 fully saturated rings. The number of Topliss-reactive ketones (excluding diaryl/α,β-unsaturated/α-hetero) is 1. The number of benzene rings is 1. The van der Waals surface area contributed by atoms with Crippen molar-refractivity contribution in [1.29, 1.82) is 0 Å². The number of rotatable bonds is 7. The molecule has 1 atom stereocenters. The van der Waals surface area contributed by atoms with Gasteiger partial charge >= 0.3 is 0 Å². The number of carbonyl (C=O) groups excluding carboxylic acids is 1. The van der Waals surface area contributed by atoms with E-state index in [2.05, 4.69) is 4.98 Å². The van der Waals surface area contributed by atoms with Crippen molar-refractivity contribution in [3.63, 3.8) is 0 Å². The van der Waals surface area contributed by atoms with Crippen molar-refractivity contribution >= 4 is 27.3 Å².